The second-order valence-corrected chi connectivity index (χ2v) is 7.50. The predicted octanol–water partition coefficient (Wildman–Crippen LogP) is 4.57. The van der Waals surface area contributed by atoms with Crippen LogP contribution in [0.3, 0.4) is 0 Å². The highest BCUT2D eigenvalue weighted by Crippen LogP contribution is 2.29. The van der Waals surface area contributed by atoms with Crippen molar-refractivity contribution in [1.29, 1.82) is 0 Å². The zero-order valence-electron chi connectivity index (χ0n) is 16.4. The summed E-state index contributed by atoms with van der Waals surface area (Å²) in [5.41, 5.74) is 4.63. The molecule has 1 amide bonds. The van der Waals surface area contributed by atoms with Gasteiger partial charge in [0, 0.05) is 28.9 Å². The van der Waals surface area contributed by atoms with Gasteiger partial charge in [-0.3, -0.25) is 9.20 Å². The SMILES string of the molecule is COc1ccc(OC)c(NC(=O)Cc2csc3nc(-c4ccc(C)cc4)cn23)c1. The van der Waals surface area contributed by atoms with Crippen LogP contribution < -0.4 is 14.8 Å². The van der Waals surface area contributed by atoms with Crippen molar-refractivity contribution in [2.45, 2.75) is 13.3 Å². The molecule has 2 heterocycles. The van der Waals surface area contributed by atoms with Crippen molar-refractivity contribution < 1.29 is 14.3 Å². The van der Waals surface area contributed by atoms with Crippen LogP contribution in [-0.4, -0.2) is 29.5 Å². The monoisotopic (exact) mass is 407 g/mol. The number of rotatable bonds is 6. The number of carbonyl (C=O) groups is 1. The molecule has 4 rings (SSSR count). The molecule has 2 aromatic heterocycles. The van der Waals surface area contributed by atoms with Gasteiger partial charge >= 0.3 is 0 Å². The summed E-state index contributed by atoms with van der Waals surface area (Å²) < 4.78 is 12.5. The normalized spacial score (nSPS) is 10.9. The molecule has 0 aliphatic carbocycles. The van der Waals surface area contributed by atoms with Crippen molar-refractivity contribution >= 4 is 27.9 Å². The van der Waals surface area contributed by atoms with Crippen molar-refractivity contribution in [1.82, 2.24) is 9.38 Å². The molecule has 0 fully saturated rings. The molecule has 2 aromatic carbocycles. The van der Waals surface area contributed by atoms with Crippen LogP contribution in [0.25, 0.3) is 16.2 Å². The van der Waals surface area contributed by atoms with Gasteiger partial charge in [-0.05, 0) is 19.1 Å². The van der Waals surface area contributed by atoms with Crippen LogP contribution in [0.2, 0.25) is 0 Å². The Bertz CT molecular complexity index is 1160. The summed E-state index contributed by atoms with van der Waals surface area (Å²) in [6.45, 7) is 2.06. The minimum atomic E-state index is -0.137. The molecular weight excluding hydrogens is 386 g/mol. The number of ether oxygens (including phenoxy) is 2. The molecule has 148 valence electrons. The third-order valence-corrected chi connectivity index (χ3v) is 5.54. The standard InChI is InChI=1S/C22H21N3O3S/c1-14-4-6-15(7-5-14)19-12-25-16(13-29-22(25)24-19)10-21(26)23-18-11-17(27-2)8-9-20(18)28-3/h4-9,11-13H,10H2,1-3H3,(H,23,26). The Morgan fingerprint density at radius 1 is 1.14 bits per heavy atom. The first-order chi connectivity index (χ1) is 14.1. The lowest BCUT2D eigenvalue weighted by Gasteiger charge is -2.11. The van der Waals surface area contributed by atoms with Gasteiger partial charge in [0.15, 0.2) is 4.96 Å². The molecule has 0 aliphatic heterocycles. The quantitative estimate of drug-likeness (QED) is 0.509. The van der Waals surface area contributed by atoms with Gasteiger partial charge in [-0.25, -0.2) is 4.98 Å². The van der Waals surface area contributed by atoms with Gasteiger partial charge in [0.25, 0.3) is 0 Å². The fourth-order valence-electron chi connectivity index (χ4n) is 3.09. The van der Waals surface area contributed by atoms with Crippen molar-refractivity contribution in [2.75, 3.05) is 19.5 Å². The van der Waals surface area contributed by atoms with E-state index in [4.69, 9.17) is 9.47 Å². The van der Waals surface area contributed by atoms with Crippen LogP contribution in [-0.2, 0) is 11.2 Å². The number of methoxy groups -OCH3 is 2. The maximum Gasteiger partial charge on any atom is 0.230 e. The van der Waals surface area contributed by atoms with Gasteiger partial charge in [0.05, 0.1) is 32.0 Å². The van der Waals surface area contributed by atoms with Gasteiger partial charge < -0.3 is 14.8 Å². The average molecular weight is 407 g/mol. The van der Waals surface area contributed by atoms with Crippen molar-refractivity contribution in [3.8, 4) is 22.8 Å². The largest absolute Gasteiger partial charge is 0.497 e. The number of nitrogens with zero attached hydrogens (tertiary/aromatic N) is 2. The number of aryl methyl sites for hydroxylation is 1. The van der Waals surface area contributed by atoms with Gasteiger partial charge in [-0.2, -0.15) is 0 Å². The molecule has 0 bridgehead atoms. The Hall–Kier alpha value is -3.32. The first-order valence-electron chi connectivity index (χ1n) is 9.12. The van der Waals surface area contributed by atoms with Crippen molar-refractivity contribution in [3.63, 3.8) is 0 Å². The van der Waals surface area contributed by atoms with Crippen LogP contribution in [0.15, 0.2) is 54.0 Å². The van der Waals surface area contributed by atoms with Crippen molar-refractivity contribution in [2.24, 2.45) is 0 Å². The predicted molar refractivity (Wildman–Crippen MR) is 115 cm³/mol. The second kappa shape index (κ2) is 7.97. The van der Waals surface area contributed by atoms with E-state index >= 15 is 0 Å². The molecule has 0 spiro atoms. The first-order valence-corrected chi connectivity index (χ1v) is 9.99. The lowest BCUT2D eigenvalue weighted by atomic mass is 10.1. The minimum Gasteiger partial charge on any atom is -0.497 e. The van der Waals surface area contributed by atoms with Gasteiger partial charge in [-0.1, -0.05) is 29.8 Å². The Labute approximate surface area is 172 Å². The van der Waals surface area contributed by atoms with Crippen LogP contribution in [0.4, 0.5) is 5.69 Å². The Kier molecular flexibility index (Phi) is 5.22. The number of hydrogen-bond acceptors (Lipinski definition) is 5. The number of carbonyl (C=O) groups excluding carboxylic acids is 1. The van der Waals surface area contributed by atoms with E-state index in [0.29, 0.717) is 17.2 Å². The third-order valence-electron chi connectivity index (χ3n) is 4.65. The number of amides is 1. The van der Waals surface area contributed by atoms with E-state index in [-0.39, 0.29) is 12.3 Å². The zero-order valence-corrected chi connectivity index (χ0v) is 17.2. The zero-order chi connectivity index (χ0) is 20.4. The maximum atomic E-state index is 12.7. The van der Waals surface area contributed by atoms with E-state index in [9.17, 15) is 4.79 Å². The smallest absolute Gasteiger partial charge is 0.230 e. The van der Waals surface area contributed by atoms with E-state index in [0.717, 1.165) is 21.9 Å². The molecule has 0 saturated carbocycles. The van der Waals surface area contributed by atoms with Crippen LogP contribution in [0, 0.1) is 6.92 Å². The molecule has 4 aromatic rings. The van der Waals surface area contributed by atoms with Gasteiger partial charge in [0.2, 0.25) is 5.91 Å². The van der Waals surface area contributed by atoms with Crippen LogP contribution >= 0.6 is 11.3 Å². The van der Waals surface area contributed by atoms with E-state index < -0.39 is 0 Å². The summed E-state index contributed by atoms with van der Waals surface area (Å²) in [4.78, 5) is 18.2. The van der Waals surface area contributed by atoms with E-state index in [2.05, 4.69) is 41.5 Å². The lowest BCUT2D eigenvalue weighted by molar-refractivity contribution is -0.115. The maximum absolute atomic E-state index is 12.7. The minimum absolute atomic E-state index is 0.137. The number of thiazole rings is 1. The number of nitrogens with one attached hydrogen (secondary N) is 1. The highest BCUT2D eigenvalue weighted by molar-refractivity contribution is 7.15. The highest BCUT2D eigenvalue weighted by Gasteiger charge is 2.14. The Morgan fingerprint density at radius 3 is 2.66 bits per heavy atom. The number of benzene rings is 2. The Balaban J connectivity index is 1.55. The molecule has 0 radical (unpaired) electrons. The summed E-state index contributed by atoms with van der Waals surface area (Å²) >= 11 is 1.52. The third kappa shape index (κ3) is 3.95. The fraction of sp³-hybridized carbons (Fsp3) is 0.182. The summed E-state index contributed by atoms with van der Waals surface area (Å²) in [7, 11) is 3.15. The van der Waals surface area contributed by atoms with E-state index in [1.54, 1.807) is 32.4 Å². The summed E-state index contributed by atoms with van der Waals surface area (Å²) in [5, 5.41) is 4.87. The summed E-state index contributed by atoms with van der Waals surface area (Å²) in [6, 6.07) is 13.5. The van der Waals surface area contributed by atoms with E-state index in [1.807, 2.05) is 16.0 Å². The average Bonchev–Trinajstić information content (AvgIpc) is 3.30. The first kappa shape index (κ1) is 19.0. The topological polar surface area (TPSA) is 64.9 Å². The molecule has 29 heavy (non-hydrogen) atoms. The molecule has 6 nitrogen and oxygen atoms in total. The Morgan fingerprint density at radius 2 is 1.93 bits per heavy atom. The van der Waals surface area contributed by atoms with E-state index in [1.165, 1.54) is 16.9 Å². The molecule has 0 unspecified atom stereocenters. The number of hydrogen-bond donors (Lipinski definition) is 1. The molecule has 0 atom stereocenters. The second-order valence-electron chi connectivity index (χ2n) is 6.66. The number of imidazole rings is 1. The molecule has 7 heteroatoms. The highest BCUT2D eigenvalue weighted by atomic mass is 32.1. The van der Waals surface area contributed by atoms with Gasteiger partial charge in [-0.15, -0.1) is 11.3 Å². The molecule has 0 saturated heterocycles. The van der Waals surface area contributed by atoms with Crippen molar-refractivity contribution in [3.05, 3.63) is 65.3 Å². The molecule has 1 N–H and O–H groups in total. The summed E-state index contributed by atoms with van der Waals surface area (Å²) in [5.74, 6) is 1.09. The number of aromatic nitrogens is 2. The van der Waals surface area contributed by atoms with Crippen LogP contribution in [0.1, 0.15) is 11.3 Å². The lowest BCUT2D eigenvalue weighted by Crippen LogP contribution is -2.16. The molecular formula is C22H21N3O3S. The van der Waals surface area contributed by atoms with Gasteiger partial charge in [0.1, 0.15) is 11.5 Å². The summed E-state index contributed by atoms with van der Waals surface area (Å²) in [6.07, 6.45) is 2.20. The van der Waals surface area contributed by atoms with Crippen LogP contribution in [0.5, 0.6) is 11.5 Å². The molecule has 0 aliphatic rings. The fourth-order valence-corrected chi connectivity index (χ4v) is 3.96. The number of anilines is 1. The number of fused-ring (bicyclic) bond motifs is 1.